The van der Waals surface area contributed by atoms with Gasteiger partial charge in [-0.2, -0.15) is 0 Å². The number of esters is 1. The molecule has 0 bridgehead atoms. The number of aliphatic hydroxyl groups excluding tert-OH is 1. The van der Waals surface area contributed by atoms with Crippen LogP contribution >= 0.6 is 0 Å². The first-order valence-corrected chi connectivity index (χ1v) is 4.66. The van der Waals surface area contributed by atoms with Crippen LogP contribution in [-0.4, -0.2) is 29.5 Å². The van der Waals surface area contributed by atoms with Gasteiger partial charge in [0.1, 0.15) is 0 Å². The lowest BCUT2D eigenvalue weighted by molar-refractivity contribution is -0.153. The first-order chi connectivity index (χ1) is 6.12. The molecule has 0 spiro atoms. The second-order valence-electron chi connectivity index (χ2n) is 3.77. The van der Waals surface area contributed by atoms with Crippen LogP contribution in [0.4, 0.5) is 4.39 Å². The summed E-state index contributed by atoms with van der Waals surface area (Å²) < 4.78 is 18.4. The molecule has 2 rings (SSSR count). The quantitative estimate of drug-likeness (QED) is 0.647. The Labute approximate surface area is 75.9 Å². The average Bonchev–Trinajstić information content (AvgIpc) is 2.47. The number of halogens is 1. The third-order valence-electron chi connectivity index (χ3n) is 3.13. The topological polar surface area (TPSA) is 46.5 Å². The van der Waals surface area contributed by atoms with Crippen LogP contribution in [0, 0.1) is 11.8 Å². The van der Waals surface area contributed by atoms with Crippen LogP contribution in [0.15, 0.2) is 0 Å². The molecule has 0 saturated heterocycles. The van der Waals surface area contributed by atoms with Gasteiger partial charge in [-0.1, -0.05) is 0 Å². The number of carbonyl (C=O) groups is 1. The molecule has 0 aromatic heterocycles. The van der Waals surface area contributed by atoms with Crippen LogP contribution in [0.3, 0.4) is 0 Å². The van der Waals surface area contributed by atoms with E-state index in [0.717, 1.165) is 0 Å². The molecular weight excluding hydrogens is 175 g/mol. The fourth-order valence-electron chi connectivity index (χ4n) is 2.45. The van der Waals surface area contributed by atoms with Crippen molar-refractivity contribution in [2.75, 3.05) is 6.61 Å². The van der Waals surface area contributed by atoms with E-state index in [1.807, 2.05) is 0 Å². The van der Waals surface area contributed by atoms with E-state index in [2.05, 4.69) is 4.74 Å². The standard InChI is InChI=1S/C9H13FO3/c1-2-13-8(12)9(10)5-3-4-6(11)7(5)9/h5-7,11H,2-4H2,1H3/t5-,6-,7-,9-/m0/s1. The summed E-state index contributed by atoms with van der Waals surface area (Å²) in [5, 5.41) is 9.34. The van der Waals surface area contributed by atoms with Crippen molar-refractivity contribution < 1.29 is 19.0 Å². The molecule has 2 aliphatic rings. The largest absolute Gasteiger partial charge is 0.464 e. The van der Waals surface area contributed by atoms with Crippen LogP contribution < -0.4 is 0 Å². The zero-order valence-corrected chi connectivity index (χ0v) is 7.50. The van der Waals surface area contributed by atoms with E-state index in [-0.39, 0.29) is 12.5 Å². The van der Waals surface area contributed by atoms with Gasteiger partial charge in [0.25, 0.3) is 0 Å². The van der Waals surface area contributed by atoms with Gasteiger partial charge in [0.15, 0.2) is 0 Å². The first-order valence-electron chi connectivity index (χ1n) is 4.66. The Kier molecular flexibility index (Phi) is 1.84. The van der Waals surface area contributed by atoms with Crippen LogP contribution in [0.1, 0.15) is 19.8 Å². The van der Waals surface area contributed by atoms with Gasteiger partial charge in [-0.15, -0.1) is 0 Å². The van der Waals surface area contributed by atoms with Gasteiger partial charge in [-0.05, 0) is 19.8 Å². The normalized spacial score (nSPS) is 47.2. The Hall–Kier alpha value is -0.640. The number of hydrogen-bond donors (Lipinski definition) is 1. The van der Waals surface area contributed by atoms with Crippen molar-refractivity contribution in [1.82, 2.24) is 0 Å². The molecule has 0 unspecified atom stereocenters. The second kappa shape index (κ2) is 2.67. The van der Waals surface area contributed by atoms with E-state index in [0.29, 0.717) is 12.8 Å². The molecule has 0 amide bonds. The average molecular weight is 188 g/mol. The van der Waals surface area contributed by atoms with Crippen molar-refractivity contribution >= 4 is 5.97 Å². The van der Waals surface area contributed by atoms with Crippen molar-refractivity contribution in [2.45, 2.75) is 31.5 Å². The van der Waals surface area contributed by atoms with Gasteiger partial charge in [-0.25, -0.2) is 9.18 Å². The van der Waals surface area contributed by atoms with Gasteiger partial charge in [0.05, 0.1) is 12.7 Å². The molecule has 0 aromatic carbocycles. The predicted molar refractivity (Wildman–Crippen MR) is 42.7 cm³/mol. The predicted octanol–water partition coefficient (Wildman–Crippen LogP) is 0.659. The number of ether oxygens (including phenoxy) is 1. The number of fused-ring (bicyclic) bond motifs is 1. The van der Waals surface area contributed by atoms with Gasteiger partial charge < -0.3 is 9.84 Å². The Balaban J connectivity index is 2.05. The minimum absolute atomic E-state index is 0.194. The molecule has 2 saturated carbocycles. The molecule has 0 aromatic rings. The third kappa shape index (κ3) is 1.01. The number of hydrogen-bond acceptors (Lipinski definition) is 3. The summed E-state index contributed by atoms with van der Waals surface area (Å²) in [6.45, 7) is 1.84. The molecule has 4 heteroatoms. The molecule has 2 aliphatic carbocycles. The van der Waals surface area contributed by atoms with Crippen LogP contribution in [0.5, 0.6) is 0 Å². The maximum atomic E-state index is 13.8. The van der Waals surface area contributed by atoms with E-state index in [1.165, 1.54) is 0 Å². The number of carbonyl (C=O) groups excluding carboxylic acids is 1. The van der Waals surface area contributed by atoms with Crippen LogP contribution in [-0.2, 0) is 9.53 Å². The molecule has 0 radical (unpaired) electrons. The van der Waals surface area contributed by atoms with Gasteiger partial charge in [-0.3, -0.25) is 0 Å². The fraction of sp³-hybridized carbons (Fsp3) is 0.889. The molecule has 0 heterocycles. The van der Waals surface area contributed by atoms with Gasteiger partial charge >= 0.3 is 5.97 Å². The Morgan fingerprint density at radius 1 is 1.69 bits per heavy atom. The van der Waals surface area contributed by atoms with Crippen LogP contribution in [0.25, 0.3) is 0 Å². The zero-order chi connectivity index (χ0) is 9.64. The van der Waals surface area contributed by atoms with Crippen LogP contribution in [0.2, 0.25) is 0 Å². The van der Waals surface area contributed by atoms with E-state index in [9.17, 15) is 14.3 Å². The Bertz CT molecular complexity index is 243. The molecule has 1 N–H and O–H groups in total. The van der Waals surface area contributed by atoms with Crippen molar-refractivity contribution in [3.05, 3.63) is 0 Å². The highest BCUT2D eigenvalue weighted by molar-refractivity contribution is 5.85. The molecule has 3 nitrogen and oxygen atoms in total. The van der Waals surface area contributed by atoms with Crippen molar-refractivity contribution in [3.8, 4) is 0 Å². The smallest absolute Gasteiger partial charge is 0.344 e. The van der Waals surface area contributed by atoms with Gasteiger partial charge in [0, 0.05) is 11.8 Å². The molecular formula is C9H13FO3. The lowest BCUT2D eigenvalue weighted by Crippen LogP contribution is -2.29. The Morgan fingerprint density at radius 3 is 2.85 bits per heavy atom. The van der Waals surface area contributed by atoms with E-state index >= 15 is 0 Å². The maximum Gasteiger partial charge on any atom is 0.344 e. The fourth-order valence-corrected chi connectivity index (χ4v) is 2.45. The molecule has 13 heavy (non-hydrogen) atoms. The summed E-state index contributed by atoms with van der Waals surface area (Å²) in [4.78, 5) is 11.2. The summed E-state index contributed by atoms with van der Waals surface area (Å²) in [5.74, 6) is -1.57. The SMILES string of the molecule is CCOC(=O)[C@@]1(F)[C@@H]2[C@@H](O)CC[C@@H]21. The van der Waals surface area contributed by atoms with Crippen molar-refractivity contribution in [2.24, 2.45) is 11.8 Å². The van der Waals surface area contributed by atoms with Gasteiger partial charge in [0.2, 0.25) is 5.67 Å². The molecule has 74 valence electrons. The minimum atomic E-state index is -1.87. The summed E-state index contributed by atoms with van der Waals surface area (Å²) in [6.07, 6.45) is 0.557. The zero-order valence-electron chi connectivity index (χ0n) is 7.50. The molecule has 4 atom stereocenters. The molecule has 2 fully saturated rings. The minimum Gasteiger partial charge on any atom is -0.464 e. The maximum absolute atomic E-state index is 13.8. The summed E-state index contributed by atoms with van der Waals surface area (Å²) in [6, 6.07) is 0. The highest BCUT2D eigenvalue weighted by Gasteiger charge is 2.76. The summed E-state index contributed by atoms with van der Waals surface area (Å²) >= 11 is 0. The molecule has 0 aliphatic heterocycles. The number of aliphatic hydroxyl groups is 1. The summed E-state index contributed by atoms with van der Waals surface area (Å²) in [7, 11) is 0. The van der Waals surface area contributed by atoms with E-state index in [1.54, 1.807) is 6.92 Å². The summed E-state index contributed by atoms with van der Waals surface area (Å²) in [5.41, 5.74) is -1.87. The monoisotopic (exact) mass is 188 g/mol. The van der Waals surface area contributed by atoms with Crippen molar-refractivity contribution in [1.29, 1.82) is 0 Å². The van der Waals surface area contributed by atoms with Crippen molar-refractivity contribution in [3.63, 3.8) is 0 Å². The third-order valence-corrected chi connectivity index (χ3v) is 3.13. The highest BCUT2D eigenvalue weighted by atomic mass is 19.1. The second-order valence-corrected chi connectivity index (χ2v) is 3.77. The lowest BCUT2D eigenvalue weighted by atomic mass is 10.1. The highest BCUT2D eigenvalue weighted by Crippen LogP contribution is 2.63. The number of rotatable bonds is 2. The number of alkyl halides is 1. The first kappa shape index (κ1) is 8.94. The lowest BCUT2D eigenvalue weighted by Gasteiger charge is -2.12. The van der Waals surface area contributed by atoms with E-state index < -0.39 is 23.7 Å². The van der Waals surface area contributed by atoms with E-state index in [4.69, 9.17) is 0 Å². The Morgan fingerprint density at radius 2 is 2.38 bits per heavy atom.